The van der Waals surface area contributed by atoms with Crippen LogP contribution in [-0.4, -0.2) is 140 Å². The highest BCUT2D eigenvalue weighted by molar-refractivity contribution is 5.84. The van der Waals surface area contributed by atoms with Crippen LogP contribution in [0.4, 0.5) is 35.1 Å². The first-order chi connectivity index (χ1) is 39.6. The number of rotatable bonds is 18. The van der Waals surface area contributed by atoms with Gasteiger partial charge in [-0.05, 0) is 213 Å². The van der Waals surface area contributed by atoms with Crippen LogP contribution in [0.1, 0.15) is 242 Å². The van der Waals surface area contributed by atoms with Gasteiger partial charge in [0.1, 0.15) is 18.3 Å². The Labute approximate surface area is 522 Å². The number of ether oxygens (including phenoxy) is 7. The van der Waals surface area contributed by atoms with E-state index >= 15 is 0 Å². The van der Waals surface area contributed by atoms with Crippen molar-refractivity contribution in [1.82, 2.24) is 0 Å². The van der Waals surface area contributed by atoms with Crippen LogP contribution in [0.15, 0.2) is 0 Å². The Morgan fingerprint density at radius 3 is 1.34 bits per heavy atom. The molecular weight excluding hydrogens is 1190 g/mol. The Morgan fingerprint density at radius 1 is 0.573 bits per heavy atom. The summed E-state index contributed by atoms with van der Waals surface area (Å²) in [6, 6.07) is 0. The lowest BCUT2D eigenvalue weighted by atomic mass is 9.37. The molecule has 0 aromatic rings. The minimum Gasteiger partial charge on any atom is -0.462 e. The Kier molecular flexibility index (Phi) is 23.7. The molecule has 16 nitrogen and oxygen atoms in total. The van der Waals surface area contributed by atoms with E-state index in [2.05, 4.69) is 9.47 Å². The fraction of sp³-hybridized carbons (Fsp3) is 0.923. The van der Waals surface area contributed by atoms with E-state index < -0.39 is 116 Å². The van der Waals surface area contributed by atoms with Crippen molar-refractivity contribution >= 4 is 29.8 Å². The van der Waals surface area contributed by atoms with E-state index in [1.54, 1.807) is 20.8 Å². The molecule has 24 heteroatoms. The zero-order chi connectivity index (χ0) is 69.7. The first-order valence-corrected chi connectivity index (χ1v) is 31.3. The van der Waals surface area contributed by atoms with Crippen molar-refractivity contribution in [1.29, 1.82) is 0 Å². The maximum Gasteiger partial charge on any atom is 0.449 e. The molecule has 2 saturated heterocycles. The number of carbonyl (C=O) groups is 5. The van der Waals surface area contributed by atoms with Crippen LogP contribution in [0.3, 0.4) is 0 Å². The van der Waals surface area contributed by atoms with E-state index in [1.165, 1.54) is 13.8 Å². The number of alkyl halides is 8. The lowest BCUT2D eigenvalue weighted by Crippen LogP contribution is -2.70. The molecule has 89 heavy (non-hydrogen) atoms. The minimum absolute atomic E-state index is 0.0423. The number of hydrogen-bond donors (Lipinski definition) is 4. The van der Waals surface area contributed by atoms with Crippen LogP contribution in [0.25, 0.3) is 0 Å². The van der Waals surface area contributed by atoms with E-state index in [4.69, 9.17) is 23.7 Å². The third-order valence-corrected chi connectivity index (χ3v) is 21.0. The van der Waals surface area contributed by atoms with Gasteiger partial charge in [-0.3, -0.25) is 19.2 Å². The topological polar surface area (TPSA) is 231 Å². The lowest BCUT2D eigenvalue weighted by Gasteiger charge is -2.70. The number of aliphatic hydroxyl groups is 4. The largest absolute Gasteiger partial charge is 0.462 e. The van der Waals surface area contributed by atoms with Gasteiger partial charge < -0.3 is 53.6 Å². The summed E-state index contributed by atoms with van der Waals surface area (Å²) in [6.07, 6.45) is -1.30. The highest BCUT2D eigenvalue weighted by Gasteiger charge is 2.83. The van der Waals surface area contributed by atoms with Crippen LogP contribution in [0.5, 0.6) is 0 Å². The molecule has 0 spiro atoms. The molecule has 5 aliphatic carbocycles. The molecule has 7 rings (SSSR count). The normalized spacial score (nSPS) is 31.1. The number of carbonyl (C=O) groups excluding carboxylic acids is 5. The molecule has 4 bridgehead atoms. The van der Waals surface area contributed by atoms with Gasteiger partial charge in [0.05, 0.1) is 51.7 Å². The molecule has 4 N–H and O–H groups in total. The first kappa shape index (κ1) is 79.8. The number of esters is 5. The maximum absolute atomic E-state index is 14.0. The second-order valence-corrected chi connectivity index (χ2v) is 31.8. The molecular formula is C65H108F8O16. The van der Waals surface area contributed by atoms with Gasteiger partial charge in [-0.25, -0.2) is 4.79 Å². The molecule has 2 heterocycles. The van der Waals surface area contributed by atoms with Crippen LogP contribution in [0, 0.1) is 49.7 Å². The minimum atomic E-state index is -5.74. The van der Waals surface area contributed by atoms with Crippen molar-refractivity contribution in [2.45, 2.75) is 312 Å². The van der Waals surface area contributed by atoms with Crippen LogP contribution < -0.4 is 0 Å². The first-order valence-electron chi connectivity index (χ1n) is 31.3. The van der Waals surface area contributed by atoms with Crippen molar-refractivity contribution in [2.24, 2.45) is 49.7 Å². The van der Waals surface area contributed by atoms with Crippen molar-refractivity contribution in [3.8, 4) is 0 Å². The second-order valence-electron chi connectivity index (χ2n) is 31.8. The highest BCUT2D eigenvalue weighted by Crippen LogP contribution is 2.72. The summed E-state index contributed by atoms with van der Waals surface area (Å²) in [6.45, 7) is 35.8. The predicted molar refractivity (Wildman–Crippen MR) is 313 cm³/mol. The van der Waals surface area contributed by atoms with E-state index in [9.17, 15) is 79.5 Å². The molecule has 6 atom stereocenters. The summed E-state index contributed by atoms with van der Waals surface area (Å²) in [4.78, 5) is 60.2. The fourth-order valence-electron chi connectivity index (χ4n) is 12.1. The zero-order valence-corrected chi connectivity index (χ0v) is 57.0. The van der Waals surface area contributed by atoms with E-state index in [0.717, 1.165) is 39.0 Å². The van der Waals surface area contributed by atoms with Crippen LogP contribution in [0.2, 0.25) is 0 Å². The maximum atomic E-state index is 14.0. The van der Waals surface area contributed by atoms with Gasteiger partial charge in [0.2, 0.25) is 11.7 Å². The van der Waals surface area contributed by atoms with Gasteiger partial charge in [0.15, 0.2) is 5.60 Å². The van der Waals surface area contributed by atoms with Crippen molar-refractivity contribution < 1.29 is 113 Å². The number of hydrogen-bond acceptors (Lipinski definition) is 16. The van der Waals surface area contributed by atoms with E-state index in [1.807, 2.05) is 104 Å². The number of halogens is 8. The van der Waals surface area contributed by atoms with Gasteiger partial charge in [0.25, 0.3) is 0 Å². The van der Waals surface area contributed by atoms with Crippen molar-refractivity contribution in [2.75, 3.05) is 19.8 Å². The molecule has 2 aliphatic heterocycles. The van der Waals surface area contributed by atoms with Gasteiger partial charge in [-0.15, -0.1) is 0 Å². The standard InChI is InChI=1S/C22H38O4.C19H33F3O4.C12H17F5O4.C12H20O4/c1-8-17(2,3)16(23)26-22-11-15-9-20(13-22,18(4,5)24)12-21(10-15,14-22)19(6,7)25;1-7-16(2,3)15(23)26-14-10-8-13(9-11-14)17(4,5)25-12-18(6,24)19(20,21)22;1-5-8(2,3)7(18)21-9(4)6-20-11(19,10(9,13)14)12(15,16)17;1-6-11(2,3)10(14)16-8-9(13)15-7-12(8,4)5/h15,24-25H,8-14H2,1-7H3;13-14,24H,7-12H2,1-6H3;19H,5-6H2,1-4H3;8H,6-7H2,1-5H3. The average molecular weight is 1300 g/mol. The molecule has 0 radical (unpaired) electrons. The smallest absolute Gasteiger partial charge is 0.449 e. The molecule has 520 valence electrons. The van der Waals surface area contributed by atoms with E-state index in [-0.39, 0.29) is 47.2 Å². The molecule has 6 unspecified atom stereocenters. The third kappa shape index (κ3) is 17.1. The lowest BCUT2D eigenvalue weighted by molar-refractivity contribution is -0.409. The summed E-state index contributed by atoms with van der Waals surface area (Å²) in [5.41, 5.74) is -12.6. The molecule has 0 amide bonds. The SMILES string of the molecule is CCC(C)(C)C(=O)OC1(C)COC(O)(C(F)(F)F)C1(F)F.CCC(C)(C)C(=O)OC12CC3CC(C(C)(C)O)(C1)CC(C(C)(C)O)(C3)C2.CCC(C)(C)C(=O)OC1C(=O)OCC1(C)C.CCC(C)(C)C(=O)OC1CCC(C(C)(C)OCC(C)(O)C(F)(F)F)CC1. The molecule has 7 aliphatic rings. The summed E-state index contributed by atoms with van der Waals surface area (Å²) in [7, 11) is 0. The quantitative estimate of drug-likeness (QED) is 0.0568. The second kappa shape index (κ2) is 26.4. The Bertz CT molecular complexity index is 2450. The van der Waals surface area contributed by atoms with Gasteiger partial charge >= 0.3 is 53.9 Å². The van der Waals surface area contributed by atoms with Crippen LogP contribution >= 0.6 is 0 Å². The average Bonchev–Trinajstić information content (AvgIpc) is 1.17. The number of cyclic esters (lactones) is 1. The predicted octanol–water partition coefficient (Wildman–Crippen LogP) is 13.4. The van der Waals surface area contributed by atoms with E-state index in [0.29, 0.717) is 70.8 Å². The monoisotopic (exact) mass is 1300 g/mol. The zero-order valence-electron chi connectivity index (χ0n) is 57.0. The summed E-state index contributed by atoms with van der Waals surface area (Å²) in [5.74, 6) is -11.3. The molecule has 5 saturated carbocycles. The van der Waals surface area contributed by atoms with Gasteiger partial charge in [0, 0.05) is 16.2 Å². The Balaban J connectivity index is 0.000000315. The van der Waals surface area contributed by atoms with Gasteiger partial charge in [-0.1, -0.05) is 41.5 Å². The summed E-state index contributed by atoms with van der Waals surface area (Å²) < 4.78 is 140. The van der Waals surface area contributed by atoms with Crippen molar-refractivity contribution in [3.05, 3.63) is 0 Å². The van der Waals surface area contributed by atoms with Gasteiger partial charge in [-0.2, -0.15) is 35.1 Å². The molecule has 0 aromatic carbocycles. The molecule has 7 fully saturated rings. The molecule has 0 aromatic heterocycles. The highest BCUT2D eigenvalue weighted by atomic mass is 19.4. The van der Waals surface area contributed by atoms with Crippen LogP contribution in [-0.2, 0) is 57.1 Å². The van der Waals surface area contributed by atoms with Crippen molar-refractivity contribution in [3.63, 3.8) is 0 Å². The third-order valence-electron chi connectivity index (χ3n) is 21.0. The Hall–Kier alpha value is -3.45. The summed E-state index contributed by atoms with van der Waals surface area (Å²) >= 11 is 0. The summed E-state index contributed by atoms with van der Waals surface area (Å²) in [5, 5.41) is 40.9. The Morgan fingerprint density at radius 2 is 0.978 bits per heavy atom. The fourth-order valence-corrected chi connectivity index (χ4v) is 12.1.